The number of benzene rings is 2. The van der Waals surface area contributed by atoms with Crippen LogP contribution in [0.2, 0.25) is 0 Å². The maximum absolute atomic E-state index is 14.0. The van der Waals surface area contributed by atoms with Crippen molar-refractivity contribution in [2.45, 2.75) is 90.0 Å². The average molecular weight is 690 g/mol. The van der Waals surface area contributed by atoms with Gasteiger partial charge in [0.15, 0.2) is 0 Å². The zero-order chi connectivity index (χ0) is 36.4. The Labute approximate surface area is 273 Å². The third-order valence-electron chi connectivity index (χ3n) is 7.95. The molecule has 8 nitrogen and oxygen atoms in total. The Bertz CT molecular complexity index is 1520. The van der Waals surface area contributed by atoms with Crippen molar-refractivity contribution in [2.75, 3.05) is 13.6 Å². The normalized spacial score (nSPS) is 17.9. The summed E-state index contributed by atoms with van der Waals surface area (Å²) in [6.45, 7) is 7.83. The molecule has 0 aromatic heterocycles. The van der Waals surface area contributed by atoms with E-state index in [9.17, 15) is 50.2 Å². The molecule has 2 N–H and O–H groups in total. The van der Waals surface area contributed by atoms with Gasteiger partial charge >= 0.3 is 30.4 Å². The molecule has 0 bridgehead atoms. The summed E-state index contributed by atoms with van der Waals surface area (Å²) in [4.78, 5) is 40.4. The Balaban J connectivity index is 1.93. The number of carbonyl (C=O) groups excluding carboxylic acids is 2. The summed E-state index contributed by atoms with van der Waals surface area (Å²) in [5, 5.41) is 12.0. The minimum Gasteiger partial charge on any atom is -0.480 e. The highest BCUT2D eigenvalue weighted by molar-refractivity contribution is 5.80. The minimum absolute atomic E-state index is 0.0157. The molecule has 2 aromatic carbocycles. The van der Waals surface area contributed by atoms with E-state index in [1.165, 1.54) is 37.1 Å². The van der Waals surface area contributed by atoms with E-state index in [1.807, 2.05) is 0 Å². The molecule has 3 amide bonds. The first-order valence-corrected chi connectivity index (χ1v) is 15.0. The number of urea groups is 1. The molecule has 1 aliphatic rings. The number of aliphatic carboxylic acids is 1. The topological polar surface area (TPSA) is 99.2 Å². The Morgan fingerprint density at radius 2 is 1.62 bits per heavy atom. The molecule has 0 saturated carbocycles. The lowest BCUT2D eigenvalue weighted by molar-refractivity contribution is -0.143. The van der Waals surface area contributed by atoms with Gasteiger partial charge in [-0.15, -0.1) is 0 Å². The average Bonchev–Trinajstić information content (AvgIpc) is 2.95. The molecule has 1 heterocycles. The number of halogens is 7. The third-order valence-corrected chi connectivity index (χ3v) is 7.95. The number of carboxylic acid groups (broad SMARTS) is 1. The van der Waals surface area contributed by atoms with Crippen LogP contribution in [-0.4, -0.2) is 58.2 Å². The maximum Gasteiger partial charge on any atom is 0.416 e. The van der Waals surface area contributed by atoms with Crippen molar-refractivity contribution in [1.82, 2.24) is 15.1 Å². The second kappa shape index (κ2) is 14.4. The van der Waals surface area contributed by atoms with E-state index in [1.54, 1.807) is 33.8 Å². The molecule has 0 unspecified atom stereocenters. The SMILES string of the molecule is Cc1cc(F)ccc1[C@H]1CC(=CC[C@@H](NC(=O)OC(C)(C)C)C(=O)O)CCN1C(=O)N(C)[C@H](C)c1cc(C(F)(F)F)cc(C(F)(F)F)c1. The fourth-order valence-electron chi connectivity index (χ4n) is 5.35. The van der Waals surface area contributed by atoms with Gasteiger partial charge in [-0.2, -0.15) is 26.3 Å². The number of aryl methyl sites for hydroxylation is 1. The van der Waals surface area contributed by atoms with E-state index in [-0.39, 0.29) is 37.4 Å². The van der Waals surface area contributed by atoms with Crippen LogP contribution in [0, 0.1) is 12.7 Å². The van der Waals surface area contributed by atoms with E-state index in [2.05, 4.69) is 5.32 Å². The van der Waals surface area contributed by atoms with Crippen molar-refractivity contribution >= 4 is 18.1 Å². The Morgan fingerprint density at radius 1 is 1.04 bits per heavy atom. The number of alkyl halides is 6. The van der Waals surface area contributed by atoms with Crippen LogP contribution in [0.4, 0.5) is 40.3 Å². The van der Waals surface area contributed by atoms with Crippen LogP contribution in [0.15, 0.2) is 48.0 Å². The van der Waals surface area contributed by atoms with Crippen LogP contribution in [0.25, 0.3) is 0 Å². The van der Waals surface area contributed by atoms with Crippen LogP contribution >= 0.6 is 0 Å². The smallest absolute Gasteiger partial charge is 0.416 e. The number of hydrogen-bond donors (Lipinski definition) is 2. The van der Waals surface area contributed by atoms with E-state index in [0.29, 0.717) is 28.8 Å². The lowest BCUT2D eigenvalue weighted by atomic mass is 9.88. The van der Waals surface area contributed by atoms with Crippen LogP contribution in [0.3, 0.4) is 0 Å². The first-order valence-electron chi connectivity index (χ1n) is 15.0. The van der Waals surface area contributed by atoms with Crippen LogP contribution in [-0.2, 0) is 21.9 Å². The van der Waals surface area contributed by atoms with E-state index in [4.69, 9.17) is 4.74 Å². The highest BCUT2D eigenvalue weighted by atomic mass is 19.4. The van der Waals surface area contributed by atoms with Gasteiger partial charge in [-0.05, 0) is 101 Å². The maximum atomic E-state index is 14.0. The number of carboxylic acids is 1. The summed E-state index contributed by atoms with van der Waals surface area (Å²) < 4.78 is 100. The number of amides is 3. The predicted octanol–water partition coefficient (Wildman–Crippen LogP) is 8.42. The molecule has 0 radical (unpaired) electrons. The number of ether oxygens (including phenoxy) is 1. The zero-order valence-corrected chi connectivity index (χ0v) is 27.2. The van der Waals surface area contributed by atoms with Gasteiger partial charge in [-0.1, -0.05) is 17.7 Å². The van der Waals surface area contributed by atoms with Crippen molar-refractivity contribution in [3.8, 4) is 0 Å². The number of carbonyl (C=O) groups is 3. The number of likely N-dealkylation sites (tertiary alicyclic amines) is 1. The summed E-state index contributed by atoms with van der Waals surface area (Å²) in [6, 6.07) is 1.10. The summed E-state index contributed by atoms with van der Waals surface area (Å²) in [6.07, 6.45) is -9.17. The van der Waals surface area contributed by atoms with Crippen molar-refractivity contribution in [1.29, 1.82) is 0 Å². The number of piperidine rings is 1. The van der Waals surface area contributed by atoms with Crippen molar-refractivity contribution < 1.29 is 55.0 Å². The van der Waals surface area contributed by atoms with E-state index in [0.717, 1.165) is 4.90 Å². The van der Waals surface area contributed by atoms with Crippen LogP contribution < -0.4 is 5.32 Å². The summed E-state index contributed by atoms with van der Waals surface area (Å²) in [5.74, 6) is -1.84. The first-order chi connectivity index (χ1) is 22.0. The highest BCUT2D eigenvalue weighted by Crippen LogP contribution is 2.40. The van der Waals surface area contributed by atoms with Gasteiger partial charge in [0.2, 0.25) is 0 Å². The van der Waals surface area contributed by atoms with Crippen molar-refractivity contribution in [2.24, 2.45) is 0 Å². The molecule has 1 aliphatic heterocycles. The molecule has 1 saturated heterocycles. The molecule has 48 heavy (non-hydrogen) atoms. The monoisotopic (exact) mass is 689 g/mol. The quantitative estimate of drug-likeness (QED) is 0.225. The lowest BCUT2D eigenvalue weighted by Crippen LogP contribution is -2.47. The second-order valence-corrected chi connectivity index (χ2v) is 12.7. The number of hydrogen-bond acceptors (Lipinski definition) is 4. The van der Waals surface area contributed by atoms with Gasteiger partial charge in [0, 0.05) is 13.6 Å². The molecule has 2 aromatic rings. The molecule has 0 spiro atoms. The number of alkyl carbamates (subject to hydrolysis) is 1. The summed E-state index contributed by atoms with van der Waals surface area (Å²) >= 11 is 0. The second-order valence-electron chi connectivity index (χ2n) is 12.7. The van der Waals surface area contributed by atoms with Gasteiger partial charge in [0.05, 0.1) is 23.2 Å². The fourth-order valence-corrected chi connectivity index (χ4v) is 5.35. The third kappa shape index (κ3) is 9.86. The van der Waals surface area contributed by atoms with Gasteiger partial charge in [-0.25, -0.2) is 18.8 Å². The van der Waals surface area contributed by atoms with E-state index < -0.39 is 71.1 Å². The first kappa shape index (κ1) is 38.2. The standard InChI is InChI=1S/C33H38F7N3O5/c1-18-13-24(34)8-9-25(18)27-14-20(7-10-26(28(44)45)41-29(46)48-31(3,4)5)11-12-43(27)30(47)42(6)19(2)21-15-22(32(35,36)37)17-23(16-21)33(38,39)40/h7-9,13,15-17,19,26-27H,10-12,14H2,1-6H3,(H,41,46)(H,44,45)/t19-,26-,27-/m1/s1. The lowest BCUT2D eigenvalue weighted by Gasteiger charge is -2.41. The summed E-state index contributed by atoms with van der Waals surface area (Å²) in [5.41, 5.74) is -2.51. The largest absolute Gasteiger partial charge is 0.480 e. The molecule has 3 atom stereocenters. The molecule has 264 valence electrons. The van der Waals surface area contributed by atoms with Crippen LogP contribution in [0.1, 0.15) is 86.9 Å². The Kier molecular flexibility index (Phi) is 11.5. The fraction of sp³-hybridized carbons (Fsp3) is 0.485. The van der Waals surface area contributed by atoms with Gasteiger partial charge in [-0.3, -0.25) is 0 Å². The van der Waals surface area contributed by atoms with Gasteiger partial charge in [0.1, 0.15) is 17.5 Å². The number of nitrogens with zero attached hydrogens (tertiary/aromatic N) is 2. The number of nitrogens with one attached hydrogen (secondary N) is 1. The molecule has 3 rings (SSSR count). The van der Waals surface area contributed by atoms with Crippen LogP contribution in [0.5, 0.6) is 0 Å². The highest BCUT2D eigenvalue weighted by Gasteiger charge is 2.39. The Morgan fingerprint density at radius 3 is 2.12 bits per heavy atom. The van der Waals surface area contributed by atoms with Gasteiger partial charge in [0.25, 0.3) is 0 Å². The molecule has 0 aliphatic carbocycles. The van der Waals surface area contributed by atoms with Gasteiger partial charge < -0.3 is 25.0 Å². The molecule has 15 heteroatoms. The Hall–Kier alpha value is -4.30. The molecular weight excluding hydrogens is 651 g/mol. The van der Waals surface area contributed by atoms with Crippen molar-refractivity contribution in [3.63, 3.8) is 0 Å². The van der Waals surface area contributed by atoms with Crippen molar-refractivity contribution in [3.05, 3.63) is 81.7 Å². The number of rotatable bonds is 7. The summed E-state index contributed by atoms with van der Waals surface area (Å²) in [7, 11) is 1.26. The minimum atomic E-state index is -5.07. The predicted molar refractivity (Wildman–Crippen MR) is 161 cm³/mol. The molecular formula is C33H38F7N3O5. The molecule has 1 fully saturated rings. The van der Waals surface area contributed by atoms with E-state index >= 15 is 0 Å². The zero-order valence-electron chi connectivity index (χ0n) is 27.2.